The van der Waals surface area contributed by atoms with Crippen LogP contribution in [0.3, 0.4) is 0 Å². The zero-order valence-corrected chi connectivity index (χ0v) is 14.6. The van der Waals surface area contributed by atoms with E-state index in [2.05, 4.69) is 10.0 Å². The molecule has 2 N–H and O–H groups in total. The third kappa shape index (κ3) is 5.24. The number of rotatable bonds is 5. The van der Waals surface area contributed by atoms with Crippen LogP contribution in [0.5, 0.6) is 0 Å². The summed E-state index contributed by atoms with van der Waals surface area (Å²) in [5.74, 6) is -0.220. The van der Waals surface area contributed by atoms with Crippen LogP contribution in [0, 0.1) is 13.8 Å². The topological polar surface area (TPSA) is 75.3 Å². The maximum atomic E-state index is 12.0. The molecular formula is C18H20N2O3S. The predicted octanol–water partition coefficient (Wildman–Crippen LogP) is 3.33. The fourth-order valence-electron chi connectivity index (χ4n) is 2.11. The molecule has 0 fully saturated rings. The second kappa shape index (κ2) is 7.31. The molecule has 24 heavy (non-hydrogen) atoms. The number of anilines is 2. The van der Waals surface area contributed by atoms with Crippen molar-refractivity contribution in [2.75, 3.05) is 16.3 Å². The lowest BCUT2D eigenvalue weighted by Gasteiger charge is -2.08. The van der Waals surface area contributed by atoms with E-state index in [0.29, 0.717) is 5.69 Å². The third-order valence-corrected chi connectivity index (χ3v) is 4.11. The first kappa shape index (κ1) is 17.7. The normalized spacial score (nSPS) is 11.5. The highest BCUT2D eigenvalue weighted by Gasteiger charge is 2.03. The van der Waals surface area contributed by atoms with Crippen molar-refractivity contribution in [3.63, 3.8) is 0 Å². The minimum Gasteiger partial charge on any atom is -0.322 e. The smallest absolute Gasteiger partial charge is 0.248 e. The van der Waals surface area contributed by atoms with E-state index in [-0.39, 0.29) is 5.91 Å². The van der Waals surface area contributed by atoms with Gasteiger partial charge in [0.1, 0.15) is 0 Å². The van der Waals surface area contributed by atoms with E-state index in [9.17, 15) is 13.2 Å². The van der Waals surface area contributed by atoms with Crippen LogP contribution >= 0.6 is 0 Å². The molecular weight excluding hydrogens is 324 g/mol. The van der Waals surface area contributed by atoms with Crippen LogP contribution in [-0.4, -0.2) is 20.6 Å². The van der Waals surface area contributed by atoms with E-state index >= 15 is 0 Å². The van der Waals surface area contributed by atoms with E-state index in [1.807, 2.05) is 32.0 Å². The summed E-state index contributed by atoms with van der Waals surface area (Å²) >= 11 is 0. The number of carbonyl (C=O) groups is 1. The highest BCUT2D eigenvalue weighted by Crippen LogP contribution is 2.18. The van der Waals surface area contributed by atoms with E-state index < -0.39 is 10.0 Å². The van der Waals surface area contributed by atoms with Gasteiger partial charge in [-0.3, -0.25) is 9.52 Å². The number of benzene rings is 2. The van der Waals surface area contributed by atoms with Crippen molar-refractivity contribution in [3.8, 4) is 0 Å². The van der Waals surface area contributed by atoms with Gasteiger partial charge in [0.05, 0.1) is 6.26 Å². The molecule has 2 aromatic carbocycles. The number of hydrogen-bond acceptors (Lipinski definition) is 3. The fraction of sp³-hybridized carbons (Fsp3) is 0.167. The van der Waals surface area contributed by atoms with Crippen LogP contribution in [0.2, 0.25) is 0 Å². The van der Waals surface area contributed by atoms with Gasteiger partial charge in [-0.1, -0.05) is 24.3 Å². The Morgan fingerprint density at radius 1 is 1.04 bits per heavy atom. The van der Waals surface area contributed by atoms with Gasteiger partial charge in [-0.2, -0.15) is 0 Å². The second-order valence-electron chi connectivity index (χ2n) is 5.57. The van der Waals surface area contributed by atoms with Gasteiger partial charge in [-0.25, -0.2) is 8.42 Å². The Hall–Kier alpha value is -2.60. The summed E-state index contributed by atoms with van der Waals surface area (Å²) in [4.78, 5) is 12.0. The Bertz CT molecular complexity index is 870. The summed E-state index contributed by atoms with van der Waals surface area (Å²) in [6.07, 6.45) is 4.21. The lowest BCUT2D eigenvalue weighted by atomic mass is 10.1. The van der Waals surface area contributed by atoms with Gasteiger partial charge in [0.2, 0.25) is 15.9 Å². The van der Waals surface area contributed by atoms with Crippen LogP contribution in [0.4, 0.5) is 11.4 Å². The molecule has 1 amide bonds. The Kier molecular flexibility index (Phi) is 5.41. The first-order chi connectivity index (χ1) is 11.2. The minimum absolute atomic E-state index is 0.220. The largest absolute Gasteiger partial charge is 0.322 e. The van der Waals surface area contributed by atoms with Crippen molar-refractivity contribution < 1.29 is 13.2 Å². The number of hydrogen-bond donors (Lipinski definition) is 2. The highest BCUT2D eigenvalue weighted by atomic mass is 32.2. The average Bonchev–Trinajstić information content (AvgIpc) is 2.50. The number of amides is 1. The highest BCUT2D eigenvalue weighted by molar-refractivity contribution is 7.92. The molecule has 0 saturated heterocycles. The third-order valence-electron chi connectivity index (χ3n) is 3.50. The second-order valence-corrected chi connectivity index (χ2v) is 7.31. The average molecular weight is 344 g/mol. The SMILES string of the molecule is Cc1cccc(NC(=O)/C=C/c2ccc(NS(C)(=O)=O)cc2)c1C. The zero-order chi connectivity index (χ0) is 17.7. The van der Waals surface area contributed by atoms with Crippen molar-refractivity contribution in [2.45, 2.75) is 13.8 Å². The summed E-state index contributed by atoms with van der Waals surface area (Å²) in [5, 5.41) is 2.85. The molecule has 5 nitrogen and oxygen atoms in total. The van der Waals surface area contributed by atoms with Crippen molar-refractivity contribution in [1.29, 1.82) is 0 Å². The van der Waals surface area contributed by atoms with Crippen LogP contribution < -0.4 is 10.0 Å². The molecule has 0 unspecified atom stereocenters. The van der Waals surface area contributed by atoms with E-state index in [4.69, 9.17) is 0 Å². The standard InChI is InChI=1S/C18H20N2O3S/c1-13-5-4-6-17(14(13)2)19-18(21)12-9-15-7-10-16(11-8-15)20-24(3,22)23/h4-12,20H,1-3H3,(H,19,21)/b12-9+. The predicted molar refractivity (Wildman–Crippen MR) is 98.5 cm³/mol. The number of nitrogens with one attached hydrogen (secondary N) is 2. The van der Waals surface area contributed by atoms with Gasteiger partial charge in [0.25, 0.3) is 0 Å². The van der Waals surface area contributed by atoms with E-state index in [1.165, 1.54) is 6.08 Å². The summed E-state index contributed by atoms with van der Waals surface area (Å²) in [7, 11) is -3.29. The molecule has 0 saturated carbocycles. The van der Waals surface area contributed by atoms with Crippen LogP contribution in [0.1, 0.15) is 16.7 Å². The number of aryl methyl sites for hydroxylation is 1. The summed E-state index contributed by atoms with van der Waals surface area (Å²) in [6.45, 7) is 3.95. The van der Waals surface area contributed by atoms with Gasteiger partial charge in [-0.05, 0) is 54.8 Å². The lowest BCUT2D eigenvalue weighted by Crippen LogP contribution is -2.09. The van der Waals surface area contributed by atoms with Crippen molar-refractivity contribution in [2.24, 2.45) is 0 Å². The van der Waals surface area contributed by atoms with E-state index in [0.717, 1.165) is 28.6 Å². The van der Waals surface area contributed by atoms with Crippen molar-refractivity contribution in [1.82, 2.24) is 0 Å². The fourth-order valence-corrected chi connectivity index (χ4v) is 2.67. The molecule has 2 rings (SSSR count). The van der Waals surface area contributed by atoms with Crippen molar-refractivity contribution in [3.05, 3.63) is 65.2 Å². The van der Waals surface area contributed by atoms with Gasteiger partial charge >= 0.3 is 0 Å². The molecule has 0 bridgehead atoms. The molecule has 0 aliphatic heterocycles. The van der Waals surface area contributed by atoms with Gasteiger partial charge in [0, 0.05) is 17.5 Å². The van der Waals surface area contributed by atoms with Gasteiger partial charge in [0.15, 0.2) is 0 Å². The van der Waals surface area contributed by atoms with Gasteiger partial charge in [-0.15, -0.1) is 0 Å². The first-order valence-electron chi connectivity index (χ1n) is 7.38. The van der Waals surface area contributed by atoms with Crippen LogP contribution in [-0.2, 0) is 14.8 Å². The molecule has 0 radical (unpaired) electrons. The Morgan fingerprint density at radius 3 is 2.33 bits per heavy atom. The number of carbonyl (C=O) groups excluding carboxylic acids is 1. The summed E-state index contributed by atoms with van der Waals surface area (Å²) in [5.41, 5.74) is 4.22. The monoisotopic (exact) mass is 344 g/mol. The lowest BCUT2D eigenvalue weighted by molar-refractivity contribution is -0.111. The Balaban J connectivity index is 2.02. The molecule has 126 valence electrons. The molecule has 0 atom stereocenters. The molecule has 2 aromatic rings. The molecule has 0 heterocycles. The van der Waals surface area contributed by atoms with Crippen LogP contribution in [0.15, 0.2) is 48.5 Å². The Labute approximate surface area is 142 Å². The molecule has 0 aliphatic carbocycles. The maximum absolute atomic E-state index is 12.0. The molecule has 0 aromatic heterocycles. The zero-order valence-electron chi connectivity index (χ0n) is 13.8. The minimum atomic E-state index is -3.29. The first-order valence-corrected chi connectivity index (χ1v) is 9.27. The molecule has 0 aliphatic rings. The molecule has 0 spiro atoms. The quantitative estimate of drug-likeness (QED) is 0.817. The van der Waals surface area contributed by atoms with Crippen molar-refractivity contribution >= 4 is 33.4 Å². The summed E-state index contributed by atoms with van der Waals surface area (Å²) < 4.78 is 24.7. The number of sulfonamides is 1. The maximum Gasteiger partial charge on any atom is 0.248 e. The van der Waals surface area contributed by atoms with Gasteiger partial charge < -0.3 is 5.32 Å². The van der Waals surface area contributed by atoms with E-state index in [1.54, 1.807) is 30.3 Å². The van der Waals surface area contributed by atoms with Crippen LogP contribution in [0.25, 0.3) is 6.08 Å². The summed E-state index contributed by atoms with van der Waals surface area (Å²) in [6, 6.07) is 12.5. The Morgan fingerprint density at radius 2 is 1.71 bits per heavy atom. The molecule has 6 heteroatoms.